The minimum atomic E-state index is -3.55. The van der Waals surface area contributed by atoms with Gasteiger partial charge in [0, 0.05) is 37.3 Å². The number of benzene rings is 2. The van der Waals surface area contributed by atoms with E-state index >= 15 is 0 Å². The summed E-state index contributed by atoms with van der Waals surface area (Å²) >= 11 is 0. The average molecular weight is 413 g/mol. The van der Waals surface area contributed by atoms with Gasteiger partial charge in [0.2, 0.25) is 5.91 Å². The molecule has 0 aliphatic carbocycles. The van der Waals surface area contributed by atoms with Gasteiger partial charge in [-0.25, -0.2) is 8.42 Å². The highest BCUT2D eigenvalue weighted by Gasteiger charge is 2.29. The molecule has 1 fully saturated rings. The van der Waals surface area contributed by atoms with E-state index in [4.69, 9.17) is 0 Å². The van der Waals surface area contributed by atoms with Crippen LogP contribution in [0.5, 0.6) is 0 Å². The maximum atomic E-state index is 12.1. The fourth-order valence-corrected chi connectivity index (χ4v) is 4.86. The molecule has 0 spiro atoms. The van der Waals surface area contributed by atoms with E-state index < -0.39 is 10.0 Å². The number of nitrogens with zero attached hydrogens (tertiary/aromatic N) is 2. The van der Waals surface area contributed by atoms with Crippen molar-refractivity contribution >= 4 is 27.5 Å². The zero-order valence-electron chi connectivity index (χ0n) is 16.1. The lowest BCUT2D eigenvalue weighted by molar-refractivity contribution is -0.121. The minimum absolute atomic E-state index is 0.118. The summed E-state index contributed by atoms with van der Waals surface area (Å²) in [4.78, 5) is 19.0. The van der Waals surface area contributed by atoms with Gasteiger partial charge < -0.3 is 10.2 Å². The van der Waals surface area contributed by atoms with Crippen LogP contribution in [0.15, 0.2) is 58.4 Å². The molecule has 7 nitrogen and oxygen atoms in total. The number of rotatable bonds is 6. The topological polar surface area (TPSA) is 90.9 Å². The number of nitrogens with one attached hydrogen (secondary N) is 2. The molecule has 0 aromatic heterocycles. The SMILES string of the molecule is O=C(CCN=C1NS(=O)(=O)c2ccccc21)NCc1ccc(N2CCCC2)cc1. The summed E-state index contributed by atoms with van der Waals surface area (Å²) in [6, 6.07) is 15.0. The first-order valence-corrected chi connectivity index (χ1v) is 11.3. The van der Waals surface area contributed by atoms with Crippen molar-refractivity contribution in [3.05, 3.63) is 59.7 Å². The number of hydrogen-bond acceptors (Lipinski definition) is 5. The van der Waals surface area contributed by atoms with E-state index in [1.54, 1.807) is 24.3 Å². The summed E-state index contributed by atoms with van der Waals surface area (Å²) in [5.74, 6) is 0.179. The molecule has 29 heavy (non-hydrogen) atoms. The maximum absolute atomic E-state index is 12.1. The van der Waals surface area contributed by atoms with E-state index in [1.165, 1.54) is 18.5 Å². The first kappa shape index (κ1) is 19.4. The maximum Gasteiger partial charge on any atom is 0.263 e. The Hall–Kier alpha value is -2.87. The second-order valence-electron chi connectivity index (χ2n) is 7.22. The van der Waals surface area contributed by atoms with Crippen molar-refractivity contribution in [2.45, 2.75) is 30.7 Å². The van der Waals surface area contributed by atoms with Gasteiger partial charge in [-0.2, -0.15) is 0 Å². The predicted octanol–water partition coefficient (Wildman–Crippen LogP) is 2.03. The van der Waals surface area contributed by atoms with Crippen LogP contribution in [0.4, 0.5) is 5.69 Å². The van der Waals surface area contributed by atoms with Crippen molar-refractivity contribution in [2.75, 3.05) is 24.5 Å². The smallest absolute Gasteiger partial charge is 0.263 e. The third kappa shape index (κ3) is 4.42. The molecule has 1 amide bonds. The van der Waals surface area contributed by atoms with Gasteiger partial charge >= 0.3 is 0 Å². The molecule has 8 heteroatoms. The molecule has 1 saturated heterocycles. The van der Waals surface area contributed by atoms with Crippen molar-refractivity contribution in [1.29, 1.82) is 0 Å². The summed E-state index contributed by atoms with van der Waals surface area (Å²) in [5, 5.41) is 2.89. The van der Waals surface area contributed by atoms with E-state index in [2.05, 4.69) is 32.1 Å². The van der Waals surface area contributed by atoms with Gasteiger partial charge in [0.25, 0.3) is 10.0 Å². The second-order valence-corrected chi connectivity index (χ2v) is 8.87. The lowest BCUT2D eigenvalue weighted by atomic mass is 10.2. The van der Waals surface area contributed by atoms with E-state index in [9.17, 15) is 13.2 Å². The molecule has 0 bridgehead atoms. The van der Waals surface area contributed by atoms with Crippen LogP contribution in [0.1, 0.15) is 30.4 Å². The van der Waals surface area contributed by atoms with E-state index in [-0.39, 0.29) is 23.8 Å². The number of carbonyl (C=O) groups excluding carboxylic acids is 1. The van der Waals surface area contributed by atoms with Gasteiger partial charge in [0.05, 0.1) is 11.4 Å². The molecule has 2 heterocycles. The van der Waals surface area contributed by atoms with Crippen molar-refractivity contribution in [2.24, 2.45) is 4.99 Å². The molecule has 2 aromatic rings. The van der Waals surface area contributed by atoms with Crippen molar-refractivity contribution < 1.29 is 13.2 Å². The number of amidine groups is 1. The zero-order valence-corrected chi connectivity index (χ0v) is 16.9. The normalized spacial score (nSPS) is 18.5. The third-order valence-corrected chi connectivity index (χ3v) is 6.57. The van der Waals surface area contributed by atoms with Gasteiger partial charge in [0.15, 0.2) is 0 Å². The van der Waals surface area contributed by atoms with Crippen molar-refractivity contribution in [3.63, 3.8) is 0 Å². The molecule has 0 radical (unpaired) electrons. The van der Waals surface area contributed by atoms with Crippen LogP contribution in [0.3, 0.4) is 0 Å². The molecule has 2 aliphatic heterocycles. The molecule has 0 atom stereocenters. The third-order valence-electron chi connectivity index (χ3n) is 5.17. The molecule has 2 aromatic carbocycles. The van der Waals surface area contributed by atoms with Crippen molar-refractivity contribution in [1.82, 2.24) is 10.0 Å². The summed E-state index contributed by atoms with van der Waals surface area (Å²) in [7, 11) is -3.55. The Morgan fingerprint density at radius 3 is 2.55 bits per heavy atom. The van der Waals surface area contributed by atoms with Gasteiger partial charge in [-0.3, -0.25) is 14.5 Å². The first-order valence-electron chi connectivity index (χ1n) is 9.80. The Morgan fingerprint density at radius 1 is 1.07 bits per heavy atom. The molecule has 2 N–H and O–H groups in total. The van der Waals surface area contributed by atoms with Crippen molar-refractivity contribution in [3.8, 4) is 0 Å². The van der Waals surface area contributed by atoms with Crippen LogP contribution < -0.4 is 14.9 Å². The number of anilines is 1. The molecule has 4 rings (SSSR count). The van der Waals surface area contributed by atoms with Gasteiger partial charge in [-0.05, 0) is 42.7 Å². The number of sulfonamides is 1. The highest BCUT2D eigenvalue weighted by molar-refractivity contribution is 7.90. The number of carbonyl (C=O) groups is 1. The number of fused-ring (bicyclic) bond motifs is 1. The summed E-state index contributed by atoms with van der Waals surface area (Å²) in [6.07, 6.45) is 2.68. The molecule has 0 unspecified atom stereocenters. The Labute approximate surface area is 170 Å². The quantitative estimate of drug-likeness (QED) is 0.760. The highest BCUT2D eigenvalue weighted by Crippen LogP contribution is 2.22. The predicted molar refractivity (Wildman–Crippen MR) is 113 cm³/mol. The Balaban J connectivity index is 1.27. The van der Waals surface area contributed by atoms with Crippen LogP contribution in [0.25, 0.3) is 0 Å². The molecule has 152 valence electrons. The average Bonchev–Trinajstić information content (AvgIpc) is 3.34. The van der Waals surface area contributed by atoms with Crippen LogP contribution in [-0.4, -0.2) is 39.8 Å². The van der Waals surface area contributed by atoms with Crippen LogP contribution >= 0.6 is 0 Å². The fourth-order valence-electron chi connectivity index (χ4n) is 3.61. The number of amides is 1. The lowest BCUT2D eigenvalue weighted by Crippen LogP contribution is -2.25. The summed E-state index contributed by atoms with van der Waals surface area (Å²) in [5.41, 5.74) is 2.82. The first-order chi connectivity index (χ1) is 14.0. The van der Waals surface area contributed by atoms with Crippen LogP contribution in [0, 0.1) is 0 Å². The Kier molecular flexibility index (Phi) is 5.53. The van der Waals surface area contributed by atoms with Crippen LogP contribution in [0.2, 0.25) is 0 Å². The molecular weight excluding hydrogens is 388 g/mol. The van der Waals surface area contributed by atoms with Gasteiger partial charge in [-0.15, -0.1) is 0 Å². The van der Waals surface area contributed by atoms with Crippen LogP contribution in [-0.2, 0) is 21.4 Å². The standard InChI is InChI=1S/C21H24N4O3S/c26-20(23-15-16-7-9-17(10-8-16)25-13-3-4-14-25)11-12-22-21-18-5-1-2-6-19(18)29(27,28)24-21/h1-2,5-10H,3-4,11-15H2,(H,22,24)(H,23,26). The number of aliphatic imine (C=N–C) groups is 1. The lowest BCUT2D eigenvalue weighted by Gasteiger charge is -2.17. The Bertz CT molecular complexity index is 1030. The molecule has 0 saturated carbocycles. The minimum Gasteiger partial charge on any atom is -0.372 e. The number of hydrogen-bond donors (Lipinski definition) is 2. The Morgan fingerprint density at radius 2 is 1.79 bits per heavy atom. The van der Waals surface area contributed by atoms with Gasteiger partial charge in [-0.1, -0.05) is 24.3 Å². The van der Waals surface area contributed by atoms with Gasteiger partial charge in [0.1, 0.15) is 5.84 Å². The van der Waals surface area contributed by atoms with E-state index in [0.717, 1.165) is 18.7 Å². The monoisotopic (exact) mass is 412 g/mol. The summed E-state index contributed by atoms with van der Waals surface area (Å²) < 4.78 is 26.5. The second kappa shape index (κ2) is 8.24. The molecular formula is C21H24N4O3S. The van der Waals surface area contributed by atoms with E-state index in [0.29, 0.717) is 17.9 Å². The van der Waals surface area contributed by atoms with E-state index in [1.807, 2.05) is 12.1 Å². The summed E-state index contributed by atoms with van der Waals surface area (Å²) in [6.45, 7) is 2.90. The largest absolute Gasteiger partial charge is 0.372 e. The fraction of sp³-hybridized carbons (Fsp3) is 0.333. The zero-order chi connectivity index (χ0) is 20.3. The highest BCUT2D eigenvalue weighted by atomic mass is 32.2. The molecule has 2 aliphatic rings.